The Labute approximate surface area is 114 Å². The zero-order chi connectivity index (χ0) is 13.7. The van der Waals surface area contributed by atoms with Gasteiger partial charge in [-0.25, -0.2) is 9.97 Å². The van der Waals surface area contributed by atoms with Crippen LogP contribution < -0.4 is 10.6 Å². The van der Waals surface area contributed by atoms with E-state index < -0.39 is 5.60 Å². The van der Waals surface area contributed by atoms with E-state index in [1.54, 1.807) is 0 Å². The molecular formula is C14H24N4O. The van der Waals surface area contributed by atoms with Gasteiger partial charge in [-0.15, -0.1) is 0 Å². The maximum Gasteiger partial charge on any atom is 0.131 e. The van der Waals surface area contributed by atoms with Gasteiger partial charge >= 0.3 is 0 Å². The predicted molar refractivity (Wildman–Crippen MR) is 77.5 cm³/mol. The zero-order valence-electron chi connectivity index (χ0n) is 11.9. The van der Waals surface area contributed by atoms with Crippen LogP contribution in [-0.4, -0.2) is 33.8 Å². The third kappa shape index (κ3) is 4.06. The van der Waals surface area contributed by atoms with Crippen LogP contribution in [0.3, 0.4) is 0 Å². The first-order chi connectivity index (χ1) is 9.11. The molecule has 1 heterocycles. The van der Waals surface area contributed by atoms with Gasteiger partial charge in [-0.2, -0.15) is 0 Å². The van der Waals surface area contributed by atoms with Crippen molar-refractivity contribution < 1.29 is 5.11 Å². The van der Waals surface area contributed by atoms with Crippen molar-refractivity contribution in [1.82, 2.24) is 9.97 Å². The van der Waals surface area contributed by atoms with Crippen LogP contribution in [0.2, 0.25) is 0 Å². The Morgan fingerprint density at radius 1 is 1.16 bits per heavy atom. The molecule has 1 aromatic rings. The standard InChI is InChI=1S/C14H24N4O/c1-3-15-12-9-13(18-11(2)17-12)16-10-14(19)7-5-4-6-8-14/h9,19H,3-8,10H2,1-2H3,(H2,15,16,17,18). The molecule has 1 saturated carbocycles. The lowest BCUT2D eigenvalue weighted by atomic mass is 9.85. The fourth-order valence-electron chi connectivity index (χ4n) is 2.57. The van der Waals surface area contributed by atoms with E-state index >= 15 is 0 Å². The molecule has 0 amide bonds. The summed E-state index contributed by atoms with van der Waals surface area (Å²) in [5, 5.41) is 16.9. The summed E-state index contributed by atoms with van der Waals surface area (Å²) in [5.74, 6) is 2.34. The monoisotopic (exact) mass is 264 g/mol. The molecule has 2 rings (SSSR count). The van der Waals surface area contributed by atoms with Crippen molar-refractivity contribution >= 4 is 11.6 Å². The van der Waals surface area contributed by atoms with Gasteiger partial charge in [0.15, 0.2) is 0 Å². The van der Waals surface area contributed by atoms with Crippen LogP contribution >= 0.6 is 0 Å². The van der Waals surface area contributed by atoms with E-state index in [-0.39, 0.29) is 0 Å². The van der Waals surface area contributed by atoms with E-state index in [0.717, 1.165) is 49.7 Å². The molecule has 1 aromatic heterocycles. The number of nitrogens with one attached hydrogen (secondary N) is 2. The highest BCUT2D eigenvalue weighted by atomic mass is 16.3. The van der Waals surface area contributed by atoms with E-state index in [0.29, 0.717) is 6.54 Å². The summed E-state index contributed by atoms with van der Waals surface area (Å²) >= 11 is 0. The van der Waals surface area contributed by atoms with Gasteiger partial charge in [-0.3, -0.25) is 0 Å². The van der Waals surface area contributed by atoms with Gasteiger partial charge in [0.25, 0.3) is 0 Å². The van der Waals surface area contributed by atoms with Crippen LogP contribution in [0.25, 0.3) is 0 Å². The zero-order valence-corrected chi connectivity index (χ0v) is 11.9. The Balaban J connectivity index is 1.98. The van der Waals surface area contributed by atoms with E-state index in [2.05, 4.69) is 20.6 Å². The maximum atomic E-state index is 10.5. The smallest absolute Gasteiger partial charge is 0.131 e. The number of anilines is 2. The lowest BCUT2D eigenvalue weighted by molar-refractivity contribution is 0.0166. The molecule has 0 bridgehead atoms. The minimum atomic E-state index is -0.574. The largest absolute Gasteiger partial charge is 0.388 e. The van der Waals surface area contributed by atoms with Crippen molar-refractivity contribution in [3.8, 4) is 0 Å². The number of hydrogen-bond acceptors (Lipinski definition) is 5. The quantitative estimate of drug-likeness (QED) is 0.761. The molecule has 19 heavy (non-hydrogen) atoms. The molecule has 0 spiro atoms. The molecule has 0 radical (unpaired) electrons. The summed E-state index contributed by atoms with van der Waals surface area (Å²) in [6, 6.07) is 1.89. The second-order valence-electron chi connectivity index (χ2n) is 5.35. The lowest BCUT2D eigenvalue weighted by Gasteiger charge is -2.32. The molecule has 0 saturated heterocycles. The molecule has 5 nitrogen and oxygen atoms in total. The second-order valence-corrected chi connectivity index (χ2v) is 5.35. The first-order valence-electron chi connectivity index (χ1n) is 7.17. The maximum absolute atomic E-state index is 10.5. The van der Waals surface area contributed by atoms with Crippen LogP contribution in [-0.2, 0) is 0 Å². The Bertz CT molecular complexity index is 416. The van der Waals surface area contributed by atoms with E-state index in [4.69, 9.17) is 0 Å². The third-order valence-corrected chi connectivity index (χ3v) is 3.58. The number of aryl methyl sites for hydroxylation is 1. The number of hydrogen-bond donors (Lipinski definition) is 3. The van der Waals surface area contributed by atoms with Gasteiger partial charge in [0.05, 0.1) is 5.60 Å². The summed E-state index contributed by atoms with van der Waals surface area (Å²) in [7, 11) is 0. The average Bonchev–Trinajstić information content (AvgIpc) is 2.37. The molecule has 0 aliphatic heterocycles. The summed E-state index contributed by atoms with van der Waals surface area (Å²) in [4.78, 5) is 8.67. The summed E-state index contributed by atoms with van der Waals surface area (Å²) in [5.41, 5.74) is -0.574. The first kappa shape index (κ1) is 14.1. The van der Waals surface area contributed by atoms with Gasteiger partial charge in [-0.1, -0.05) is 19.3 Å². The Morgan fingerprint density at radius 3 is 2.42 bits per heavy atom. The molecule has 3 N–H and O–H groups in total. The average molecular weight is 264 g/mol. The highest BCUT2D eigenvalue weighted by Crippen LogP contribution is 2.28. The highest BCUT2D eigenvalue weighted by Gasteiger charge is 2.28. The number of aromatic nitrogens is 2. The topological polar surface area (TPSA) is 70.1 Å². The SMILES string of the molecule is CCNc1cc(NCC2(O)CCCCC2)nc(C)n1. The summed E-state index contributed by atoms with van der Waals surface area (Å²) in [6.45, 7) is 5.31. The van der Waals surface area contributed by atoms with Crippen molar-refractivity contribution in [2.45, 2.75) is 51.6 Å². The number of nitrogens with zero attached hydrogens (tertiary/aromatic N) is 2. The summed E-state index contributed by atoms with van der Waals surface area (Å²) in [6.07, 6.45) is 5.22. The van der Waals surface area contributed by atoms with Crippen molar-refractivity contribution in [2.24, 2.45) is 0 Å². The Hall–Kier alpha value is -1.36. The van der Waals surface area contributed by atoms with Crippen molar-refractivity contribution in [1.29, 1.82) is 0 Å². The van der Waals surface area contributed by atoms with Crippen molar-refractivity contribution in [3.05, 3.63) is 11.9 Å². The normalized spacial score (nSPS) is 18.1. The minimum absolute atomic E-state index is 0.565. The second kappa shape index (κ2) is 6.19. The summed E-state index contributed by atoms with van der Waals surface area (Å²) < 4.78 is 0. The predicted octanol–water partition coefficient (Wildman–Crippen LogP) is 2.32. The van der Waals surface area contributed by atoms with Crippen LogP contribution in [0.4, 0.5) is 11.6 Å². The molecule has 1 aliphatic rings. The molecule has 1 fully saturated rings. The van der Waals surface area contributed by atoms with Gasteiger partial charge in [0.2, 0.25) is 0 Å². The third-order valence-electron chi connectivity index (χ3n) is 3.58. The molecule has 5 heteroatoms. The Morgan fingerprint density at radius 2 is 1.79 bits per heavy atom. The van der Waals surface area contributed by atoms with Crippen LogP contribution in [0.15, 0.2) is 6.07 Å². The molecule has 0 aromatic carbocycles. The van der Waals surface area contributed by atoms with Crippen LogP contribution in [0, 0.1) is 6.92 Å². The molecular weight excluding hydrogens is 240 g/mol. The van der Waals surface area contributed by atoms with Crippen LogP contribution in [0.1, 0.15) is 44.9 Å². The van der Waals surface area contributed by atoms with Crippen molar-refractivity contribution in [3.63, 3.8) is 0 Å². The van der Waals surface area contributed by atoms with E-state index in [1.807, 2.05) is 19.9 Å². The number of rotatable bonds is 5. The Kier molecular flexibility index (Phi) is 4.58. The fourth-order valence-corrected chi connectivity index (χ4v) is 2.57. The van der Waals surface area contributed by atoms with Crippen LogP contribution in [0.5, 0.6) is 0 Å². The lowest BCUT2D eigenvalue weighted by Crippen LogP contribution is -2.39. The number of aliphatic hydroxyl groups is 1. The van der Waals surface area contributed by atoms with Crippen molar-refractivity contribution in [2.75, 3.05) is 23.7 Å². The van der Waals surface area contributed by atoms with Gasteiger partial charge in [0, 0.05) is 19.2 Å². The first-order valence-corrected chi connectivity index (χ1v) is 7.17. The molecule has 1 aliphatic carbocycles. The highest BCUT2D eigenvalue weighted by molar-refractivity contribution is 5.47. The molecule has 0 atom stereocenters. The van der Waals surface area contributed by atoms with Gasteiger partial charge in [-0.05, 0) is 26.7 Å². The molecule has 106 valence electrons. The van der Waals surface area contributed by atoms with Gasteiger partial charge in [0.1, 0.15) is 17.5 Å². The molecule has 0 unspecified atom stereocenters. The van der Waals surface area contributed by atoms with Gasteiger partial charge < -0.3 is 15.7 Å². The van der Waals surface area contributed by atoms with E-state index in [1.165, 1.54) is 6.42 Å². The minimum Gasteiger partial charge on any atom is -0.388 e. The van der Waals surface area contributed by atoms with E-state index in [9.17, 15) is 5.11 Å². The fraction of sp³-hybridized carbons (Fsp3) is 0.714.